The van der Waals surface area contributed by atoms with Gasteiger partial charge in [0, 0.05) is 28.3 Å². The van der Waals surface area contributed by atoms with Crippen LogP contribution in [-0.4, -0.2) is 13.7 Å². The molecule has 1 heterocycles. The van der Waals surface area contributed by atoms with Gasteiger partial charge in [-0.1, -0.05) is 32.0 Å². The fourth-order valence-corrected chi connectivity index (χ4v) is 3.60. The van der Waals surface area contributed by atoms with E-state index in [1.807, 2.05) is 18.4 Å². The Morgan fingerprint density at radius 2 is 2.05 bits per heavy atom. The molecule has 0 saturated carbocycles. The van der Waals surface area contributed by atoms with E-state index in [2.05, 4.69) is 43.4 Å². The third-order valence-electron chi connectivity index (χ3n) is 3.44. The monoisotopic (exact) mass is 291 g/mol. The quantitative estimate of drug-likeness (QED) is 0.719. The van der Waals surface area contributed by atoms with Crippen LogP contribution in [0.25, 0.3) is 10.1 Å². The zero-order chi connectivity index (χ0) is 14.4. The Morgan fingerprint density at radius 1 is 1.25 bits per heavy atom. The van der Waals surface area contributed by atoms with Crippen molar-refractivity contribution in [3.05, 3.63) is 34.7 Å². The third kappa shape index (κ3) is 4.05. The summed E-state index contributed by atoms with van der Waals surface area (Å²) in [6.45, 7) is 7.04. The predicted octanol–water partition coefficient (Wildman–Crippen LogP) is 4.57. The summed E-state index contributed by atoms with van der Waals surface area (Å²) in [5.41, 5.74) is 1.37. The molecule has 0 saturated heterocycles. The molecule has 0 radical (unpaired) electrons. The summed E-state index contributed by atoms with van der Waals surface area (Å²) < 4.78 is 7.26. The second-order valence-electron chi connectivity index (χ2n) is 5.62. The highest BCUT2D eigenvalue weighted by atomic mass is 32.1. The third-order valence-corrected chi connectivity index (χ3v) is 4.65. The van der Waals surface area contributed by atoms with E-state index >= 15 is 0 Å². The van der Waals surface area contributed by atoms with Gasteiger partial charge in [0.15, 0.2) is 0 Å². The molecule has 1 aromatic heterocycles. The number of benzene rings is 1. The van der Waals surface area contributed by atoms with Crippen LogP contribution in [0.4, 0.5) is 0 Å². The largest absolute Gasteiger partial charge is 0.377 e. The van der Waals surface area contributed by atoms with Gasteiger partial charge < -0.3 is 10.1 Å². The highest BCUT2D eigenvalue weighted by molar-refractivity contribution is 7.19. The number of rotatable bonds is 8. The van der Waals surface area contributed by atoms with Crippen molar-refractivity contribution in [2.75, 3.05) is 13.7 Å². The zero-order valence-electron chi connectivity index (χ0n) is 12.7. The molecule has 2 aromatic rings. The van der Waals surface area contributed by atoms with Crippen molar-refractivity contribution in [3.8, 4) is 0 Å². The van der Waals surface area contributed by atoms with Crippen molar-refractivity contribution in [3.63, 3.8) is 0 Å². The second-order valence-corrected chi connectivity index (χ2v) is 6.76. The first-order valence-corrected chi connectivity index (χ1v) is 8.25. The van der Waals surface area contributed by atoms with Crippen molar-refractivity contribution in [1.82, 2.24) is 5.32 Å². The van der Waals surface area contributed by atoms with Gasteiger partial charge in [-0.2, -0.15) is 0 Å². The lowest BCUT2D eigenvalue weighted by Gasteiger charge is -2.08. The van der Waals surface area contributed by atoms with Crippen LogP contribution in [0.3, 0.4) is 0 Å². The maximum Gasteiger partial charge on any atom is 0.0734 e. The van der Waals surface area contributed by atoms with E-state index < -0.39 is 0 Å². The average molecular weight is 291 g/mol. The van der Waals surface area contributed by atoms with Crippen LogP contribution in [0.1, 0.15) is 37.1 Å². The molecule has 0 spiro atoms. The molecule has 1 aromatic carbocycles. The van der Waals surface area contributed by atoms with Gasteiger partial charge in [-0.3, -0.25) is 0 Å². The van der Waals surface area contributed by atoms with Crippen molar-refractivity contribution in [2.45, 2.75) is 39.8 Å². The summed E-state index contributed by atoms with van der Waals surface area (Å²) in [5, 5.41) is 4.61. The molecule has 2 nitrogen and oxygen atoms in total. The lowest BCUT2D eigenvalue weighted by Crippen LogP contribution is -2.06. The molecular formula is C17H25NOS. The summed E-state index contributed by atoms with van der Waals surface area (Å²) in [6.07, 6.45) is 2.40. The lowest BCUT2D eigenvalue weighted by atomic mass is 10.1. The molecule has 0 atom stereocenters. The van der Waals surface area contributed by atoms with Gasteiger partial charge in [0.05, 0.1) is 6.61 Å². The van der Waals surface area contributed by atoms with Gasteiger partial charge in [-0.25, -0.2) is 0 Å². The van der Waals surface area contributed by atoms with E-state index in [9.17, 15) is 0 Å². The minimum absolute atomic E-state index is 0.735. The maximum atomic E-state index is 5.90. The van der Waals surface area contributed by atoms with Crippen molar-refractivity contribution in [2.24, 2.45) is 5.92 Å². The molecule has 0 amide bonds. The first-order valence-electron chi connectivity index (χ1n) is 7.44. The topological polar surface area (TPSA) is 21.3 Å². The Kier molecular flexibility index (Phi) is 6.02. The van der Waals surface area contributed by atoms with Gasteiger partial charge in [-0.15, -0.1) is 11.3 Å². The van der Waals surface area contributed by atoms with E-state index in [1.165, 1.54) is 26.9 Å². The molecule has 0 aliphatic heterocycles. The lowest BCUT2D eigenvalue weighted by molar-refractivity contribution is 0.115. The van der Waals surface area contributed by atoms with E-state index in [4.69, 9.17) is 4.74 Å². The summed E-state index contributed by atoms with van der Waals surface area (Å²) in [7, 11) is 2.00. The van der Waals surface area contributed by atoms with Crippen LogP contribution in [0.5, 0.6) is 0 Å². The number of hydrogen-bond acceptors (Lipinski definition) is 3. The molecule has 0 bridgehead atoms. The second kappa shape index (κ2) is 7.77. The summed E-state index contributed by atoms with van der Waals surface area (Å²) in [6, 6.07) is 8.62. The number of thiophene rings is 1. The van der Waals surface area contributed by atoms with Gasteiger partial charge in [0.25, 0.3) is 0 Å². The average Bonchev–Trinajstić information content (AvgIpc) is 2.76. The van der Waals surface area contributed by atoms with Gasteiger partial charge in [0.1, 0.15) is 0 Å². The van der Waals surface area contributed by atoms with Crippen LogP contribution < -0.4 is 5.32 Å². The van der Waals surface area contributed by atoms with E-state index in [-0.39, 0.29) is 0 Å². The summed E-state index contributed by atoms with van der Waals surface area (Å²) >= 11 is 1.87. The van der Waals surface area contributed by atoms with Crippen LogP contribution in [0, 0.1) is 5.92 Å². The van der Waals surface area contributed by atoms with E-state index in [1.54, 1.807) is 0 Å². The van der Waals surface area contributed by atoms with Gasteiger partial charge in [-0.05, 0) is 37.3 Å². The summed E-state index contributed by atoms with van der Waals surface area (Å²) in [4.78, 5) is 1.40. The molecule has 110 valence electrons. The molecule has 0 fully saturated rings. The first kappa shape index (κ1) is 15.5. The predicted molar refractivity (Wildman–Crippen MR) is 88.3 cm³/mol. The SMILES string of the molecule is CNCc1sc2ccccc2c1COCCCC(C)C. The molecule has 2 rings (SSSR count). The molecule has 0 aliphatic rings. The highest BCUT2D eigenvalue weighted by Crippen LogP contribution is 2.31. The molecular weight excluding hydrogens is 266 g/mol. The molecule has 20 heavy (non-hydrogen) atoms. The Labute approximate surface area is 126 Å². The Bertz CT molecular complexity index is 533. The standard InChI is InChI=1S/C17H25NOS/c1-13(2)7-6-10-19-12-15-14-8-4-5-9-16(14)20-17(15)11-18-3/h4-5,8-9,13,18H,6-7,10-12H2,1-3H3. The van der Waals surface area contributed by atoms with Crippen molar-refractivity contribution < 1.29 is 4.74 Å². The fourth-order valence-electron chi connectivity index (χ4n) is 2.38. The Morgan fingerprint density at radius 3 is 2.80 bits per heavy atom. The fraction of sp³-hybridized carbons (Fsp3) is 0.529. The van der Waals surface area contributed by atoms with Crippen LogP contribution in [0.15, 0.2) is 24.3 Å². The molecule has 1 N–H and O–H groups in total. The maximum absolute atomic E-state index is 5.90. The number of nitrogens with one attached hydrogen (secondary N) is 1. The number of fused-ring (bicyclic) bond motifs is 1. The van der Waals surface area contributed by atoms with E-state index in [0.29, 0.717) is 0 Å². The van der Waals surface area contributed by atoms with Gasteiger partial charge >= 0.3 is 0 Å². The van der Waals surface area contributed by atoms with E-state index in [0.717, 1.165) is 32.1 Å². The Hall–Kier alpha value is -0.900. The highest BCUT2D eigenvalue weighted by Gasteiger charge is 2.11. The van der Waals surface area contributed by atoms with Crippen LogP contribution in [-0.2, 0) is 17.9 Å². The number of ether oxygens (including phenoxy) is 1. The first-order chi connectivity index (χ1) is 9.72. The summed E-state index contributed by atoms with van der Waals surface area (Å²) in [5.74, 6) is 0.764. The minimum atomic E-state index is 0.735. The number of hydrogen-bond donors (Lipinski definition) is 1. The molecule has 0 unspecified atom stereocenters. The van der Waals surface area contributed by atoms with Crippen molar-refractivity contribution in [1.29, 1.82) is 0 Å². The minimum Gasteiger partial charge on any atom is -0.377 e. The van der Waals surface area contributed by atoms with Crippen LogP contribution in [0.2, 0.25) is 0 Å². The zero-order valence-corrected chi connectivity index (χ0v) is 13.6. The molecule has 0 aliphatic carbocycles. The van der Waals surface area contributed by atoms with Gasteiger partial charge in [0.2, 0.25) is 0 Å². The van der Waals surface area contributed by atoms with Crippen LogP contribution >= 0.6 is 11.3 Å². The normalized spacial score (nSPS) is 11.6. The Balaban J connectivity index is 2.01. The smallest absolute Gasteiger partial charge is 0.0734 e. The molecule has 3 heteroatoms. The van der Waals surface area contributed by atoms with Crippen molar-refractivity contribution >= 4 is 21.4 Å².